The zero-order valence-corrected chi connectivity index (χ0v) is 14.8. The second-order valence-corrected chi connectivity index (χ2v) is 6.36. The molecule has 0 amide bonds. The number of hydrogen-bond donors (Lipinski definition) is 2. The van der Waals surface area contributed by atoms with Gasteiger partial charge in [-0.05, 0) is 54.8 Å². The maximum absolute atomic E-state index is 12.8. The number of benzene rings is 2. The third-order valence-electron chi connectivity index (χ3n) is 3.68. The molecule has 2 aromatic carbocycles. The first kappa shape index (κ1) is 15.9. The molecule has 0 saturated heterocycles. The van der Waals surface area contributed by atoms with Gasteiger partial charge < -0.3 is 9.40 Å². The van der Waals surface area contributed by atoms with Crippen LogP contribution in [0.4, 0.5) is 0 Å². The minimum atomic E-state index is -0.222. The highest BCUT2D eigenvalue weighted by Crippen LogP contribution is 2.28. The van der Waals surface area contributed by atoms with E-state index in [2.05, 4.69) is 15.2 Å². The number of nitrogens with zero attached hydrogens (tertiary/aromatic N) is 2. The molecule has 0 unspecified atom stereocenters. The van der Waals surface area contributed by atoms with Crippen molar-refractivity contribution in [3.05, 3.63) is 67.4 Å². The first-order valence-electron chi connectivity index (χ1n) is 7.14. The highest BCUT2D eigenvalue weighted by Gasteiger charge is 2.13. The Morgan fingerprint density at radius 3 is 2.68 bits per heavy atom. The molecule has 9 heteroatoms. The van der Waals surface area contributed by atoms with E-state index in [9.17, 15) is 4.79 Å². The van der Waals surface area contributed by atoms with E-state index < -0.39 is 0 Å². The van der Waals surface area contributed by atoms with E-state index in [0.29, 0.717) is 27.2 Å². The minimum absolute atomic E-state index is 0.156. The summed E-state index contributed by atoms with van der Waals surface area (Å²) in [4.78, 5) is 16.0. The molecule has 2 aromatic heterocycles. The fraction of sp³-hybridized carbons (Fsp3) is 0. The summed E-state index contributed by atoms with van der Waals surface area (Å²) >= 11 is 16.5. The standard InChI is InChI=1S/C16H9ClN4O2S2/c17-11-7-8(5-6-9(11)13-19-20-16(25)23-13)21-14(22)10-3-1-2-4-12(10)18-15(21)24/h1-7H,(H,18,24)(H,20,25). The summed E-state index contributed by atoms with van der Waals surface area (Å²) < 4.78 is 6.95. The van der Waals surface area contributed by atoms with Gasteiger partial charge in [-0.3, -0.25) is 9.36 Å². The molecular formula is C16H9ClN4O2S2. The number of nitrogens with one attached hydrogen (secondary N) is 2. The lowest BCUT2D eigenvalue weighted by Crippen LogP contribution is -2.20. The normalized spacial score (nSPS) is 11.1. The summed E-state index contributed by atoms with van der Waals surface area (Å²) in [5, 5.41) is 7.39. The van der Waals surface area contributed by atoms with Crippen LogP contribution in [-0.2, 0) is 0 Å². The number of para-hydroxylation sites is 1. The lowest BCUT2D eigenvalue weighted by Gasteiger charge is -2.09. The Morgan fingerprint density at radius 2 is 1.96 bits per heavy atom. The van der Waals surface area contributed by atoms with Crippen molar-refractivity contribution in [2.45, 2.75) is 0 Å². The van der Waals surface area contributed by atoms with Crippen molar-refractivity contribution in [1.82, 2.24) is 19.7 Å². The van der Waals surface area contributed by atoms with Crippen LogP contribution in [0, 0.1) is 9.61 Å². The number of halogens is 1. The van der Waals surface area contributed by atoms with Crippen LogP contribution in [0.2, 0.25) is 5.02 Å². The monoisotopic (exact) mass is 388 g/mol. The van der Waals surface area contributed by atoms with Gasteiger partial charge in [-0.2, -0.15) is 0 Å². The minimum Gasteiger partial charge on any atom is -0.409 e. The first-order valence-corrected chi connectivity index (χ1v) is 8.34. The maximum Gasteiger partial charge on any atom is 0.284 e. The molecule has 0 fully saturated rings. The molecule has 0 radical (unpaired) electrons. The number of fused-ring (bicyclic) bond motifs is 1. The molecular weight excluding hydrogens is 380 g/mol. The highest BCUT2D eigenvalue weighted by atomic mass is 35.5. The SMILES string of the molecule is O=c1c2ccccc2[nH]c(=S)n1-c1ccc(-c2n[nH]c(=S)o2)c(Cl)c1. The molecule has 25 heavy (non-hydrogen) atoms. The lowest BCUT2D eigenvalue weighted by atomic mass is 10.2. The van der Waals surface area contributed by atoms with Gasteiger partial charge in [0.1, 0.15) is 0 Å². The van der Waals surface area contributed by atoms with Gasteiger partial charge in [0.05, 0.1) is 27.2 Å². The van der Waals surface area contributed by atoms with Crippen molar-refractivity contribution in [3.63, 3.8) is 0 Å². The molecule has 0 atom stereocenters. The third-order valence-corrected chi connectivity index (χ3v) is 4.46. The Kier molecular flexibility index (Phi) is 3.87. The van der Waals surface area contributed by atoms with Crippen molar-refractivity contribution >= 4 is 46.9 Å². The second kappa shape index (κ2) is 6.07. The van der Waals surface area contributed by atoms with Crippen LogP contribution in [0.3, 0.4) is 0 Å². The Morgan fingerprint density at radius 1 is 1.16 bits per heavy atom. The largest absolute Gasteiger partial charge is 0.409 e. The van der Waals surface area contributed by atoms with Gasteiger partial charge in [0.25, 0.3) is 10.4 Å². The zero-order chi connectivity index (χ0) is 17.6. The number of rotatable bonds is 2. The molecule has 0 aliphatic heterocycles. The average molecular weight is 389 g/mol. The van der Waals surface area contributed by atoms with Crippen LogP contribution in [0.15, 0.2) is 51.7 Å². The molecule has 4 aromatic rings. The van der Waals surface area contributed by atoms with Crippen LogP contribution in [-0.4, -0.2) is 19.7 Å². The van der Waals surface area contributed by atoms with Crippen LogP contribution in [0.1, 0.15) is 0 Å². The van der Waals surface area contributed by atoms with E-state index in [4.69, 9.17) is 40.5 Å². The molecule has 6 nitrogen and oxygen atoms in total. The summed E-state index contributed by atoms with van der Waals surface area (Å²) in [6.45, 7) is 0. The van der Waals surface area contributed by atoms with Crippen molar-refractivity contribution in [3.8, 4) is 17.1 Å². The second-order valence-electron chi connectivity index (χ2n) is 5.20. The van der Waals surface area contributed by atoms with E-state index >= 15 is 0 Å². The molecule has 0 saturated carbocycles. The highest BCUT2D eigenvalue weighted by molar-refractivity contribution is 7.71. The van der Waals surface area contributed by atoms with E-state index in [1.54, 1.807) is 36.4 Å². The van der Waals surface area contributed by atoms with Crippen LogP contribution in [0.5, 0.6) is 0 Å². The Bertz CT molecular complexity index is 1290. The van der Waals surface area contributed by atoms with Crippen LogP contribution >= 0.6 is 36.0 Å². The predicted molar refractivity (Wildman–Crippen MR) is 100 cm³/mol. The molecule has 0 bridgehead atoms. The van der Waals surface area contributed by atoms with Gasteiger partial charge in [0.2, 0.25) is 5.89 Å². The number of hydrogen-bond acceptors (Lipinski definition) is 5. The molecule has 0 aliphatic carbocycles. The predicted octanol–water partition coefficient (Wildman–Crippen LogP) is 4.41. The Hall–Kier alpha value is -2.55. The molecule has 0 spiro atoms. The zero-order valence-electron chi connectivity index (χ0n) is 12.4. The quantitative estimate of drug-likeness (QED) is 0.497. The average Bonchev–Trinajstić information content (AvgIpc) is 3.01. The number of aromatic nitrogens is 4. The third kappa shape index (κ3) is 2.74. The van der Waals surface area contributed by atoms with E-state index in [1.807, 2.05) is 6.07 Å². The van der Waals surface area contributed by atoms with E-state index in [0.717, 1.165) is 0 Å². The summed E-state index contributed by atoms with van der Waals surface area (Å²) in [6, 6.07) is 12.2. The molecule has 124 valence electrons. The van der Waals surface area contributed by atoms with Gasteiger partial charge in [-0.1, -0.05) is 23.7 Å². The van der Waals surface area contributed by atoms with Crippen LogP contribution < -0.4 is 5.56 Å². The fourth-order valence-electron chi connectivity index (χ4n) is 2.56. The smallest absolute Gasteiger partial charge is 0.284 e. The van der Waals surface area contributed by atoms with Crippen LogP contribution in [0.25, 0.3) is 28.0 Å². The van der Waals surface area contributed by atoms with Crippen molar-refractivity contribution in [2.75, 3.05) is 0 Å². The lowest BCUT2D eigenvalue weighted by molar-refractivity contribution is 0.552. The maximum atomic E-state index is 12.8. The number of H-pyrrole nitrogens is 2. The summed E-state index contributed by atoms with van der Waals surface area (Å²) in [6.07, 6.45) is 0. The summed E-state index contributed by atoms with van der Waals surface area (Å²) in [5.74, 6) is 0.276. The summed E-state index contributed by atoms with van der Waals surface area (Å²) in [7, 11) is 0. The van der Waals surface area contributed by atoms with Crippen molar-refractivity contribution in [2.24, 2.45) is 0 Å². The Labute approximate surface area is 155 Å². The topological polar surface area (TPSA) is 79.6 Å². The van der Waals surface area contributed by atoms with Crippen molar-refractivity contribution in [1.29, 1.82) is 0 Å². The molecule has 2 N–H and O–H groups in total. The molecule has 4 rings (SSSR count). The fourth-order valence-corrected chi connectivity index (χ4v) is 3.24. The van der Waals surface area contributed by atoms with Crippen molar-refractivity contribution < 1.29 is 4.42 Å². The van der Waals surface area contributed by atoms with E-state index in [1.165, 1.54) is 4.57 Å². The Balaban J connectivity index is 1.93. The first-order chi connectivity index (χ1) is 12.0. The van der Waals surface area contributed by atoms with Gasteiger partial charge >= 0.3 is 0 Å². The molecule has 0 aliphatic rings. The number of aromatic amines is 2. The van der Waals surface area contributed by atoms with Gasteiger partial charge in [-0.25, -0.2) is 5.10 Å². The van der Waals surface area contributed by atoms with Gasteiger partial charge in [0, 0.05) is 0 Å². The van der Waals surface area contributed by atoms with Gasteiger partial charge in [-0.15, -0.1) is 5.10 Å². The summed E-state index contributed by atoms with van der Waals surface area (Å²) in [5.41, 5.74) is 1.56. The molecule has 2 heterocycles. The van der Waals surface area contributed by atoms with E-state index in [-0.39, 0.29) is 21.1 Å². The van der Waals surface area contributed by atoms with Gasteiger partial charge in [0.15, 0.2) is 4.77 Å².